The molecule has 106 valence electrons. The van der Waals surface area contributed by atoms with E-state index in [9.17, 15) is 8.42 Å². The zero-order valence-corrected chi connectivity index (χ0v) is 12.4. The number of rotatable bonds is 2. The Morgan fingerprint density at radius 2 is 1.83 bits per heavy atom. The maximum absolute atomic E-state index is 11.8. The number of hydrogen-bond acceptors (Lipinski definition) is 5. The van der Waals surface area contributed by atoms with Crippen LogP contribution >= 0.6 is 0 Å². The van der Waals surface area contributed by atoms with Crippen LogP contribution in [0.15, 0.2) is 0 Å². The first-order chi connectivity index (χ1) is 8.30. The predicted octanol–water partition coefficient (Wildman–Crippen LogP) is -0.473. The maximum Gasteiger partial charge on any atom is 0.152 e. The van der Waals surface area contributed by atoms with Gasteiger partial charge in [0.1, 0.15) is 0 Å². The van der Waals surface area contributed by atoms with Crippen molar-refractivity contribution in [3.63, 3.8) is 0 Å². The van der Waals surface area contributed by atoms with Crippen LogP contribution in [0.5, 0.6) is 0 Å². The first-order valence-electron chi connectivity index (χ1n) is 6.67. The van der Waals surface area contributed by atoms with Gasteiger partial charge >= 0.3 is 0 Å². The molecule has 2 N–H and O–H groups in total. The van der Waals surface area contributed by atoms with Crippen molar-refractivity contribution in [2.45, 2.75) is 37.9 Å². The molecule has 0 aliphatic carbocycles. The SMILES string of the molecule is CC1CN(C2(CN)CCS(=O)(=O)C2)CC(C)N1C. The van der Waals surface area contributed by atoms with Crippen LogP contribution in [0.1, 0.15) is 20.3 Å². The molecule has 2 saturated heterocycles. The van der Waals surface area contributed by atoms with E-state index in [0.717, 1.165) is 13.1 Å². The molecule has 0 aromatic heterocycles. The number of nitrogens with zero attached hydrogens (tertiary/aromatic N) is 2. The van der Waals surface area contributed by atoms with Crippen molar-refractivity contribution in [1.29, 1.82) is 0 Å². The van der Waals surface area contributed by atoms with Gasteiger partial charge in [0.25, 0.3) is 0 Å². The lowest BCUT2D eigenvalue weighted by Gasteiger charge is -2.49. The third-order valence-corrected chi connectivity index (χ3v) is 6.58. The molecule has 2 heterocycles. The molecule has 5 nitrogen and oxygen atoms in total. The highest BCUT2D eigenvalue weighted by Gasteiger charge is 2.47. The van der Waals surface area contributed by atoms with Crippen LogP contribution in [0.4, 0.5) is 0 Å². The summed E-state index contributed by atoms with van der Waals surface area (Å²) < 4.78 is 23.6. The van der Waals surface area contributed by atoms with E-state index in [1.54, 1.807) is 0 Å². The van der Waals surface area contributed by atoms with Crippen LogP contribution < -0.4 is 5.73 Å². The predicted molar refractivity (Wildman–Crippen MR) is 73.3 cm³/mol. The number of piperazine rings is 1. The second kappa shape index (κ2) is 4.74. The van der Waals surface area contributed by atoms with Crippen LogP contribution in [0.2, 0.25) is 0 Å². The van der Waals surface area contributed by atoms with Gasteiger partial charge in [0, 0.05) is 37.3 Å². The standard InChI is InChI=1S/C12H25N3O2S/c1-10-6-15(7-11(2)14(10)3)12(8-13)4-5-18(16,17)9-12/h10-11H,4-9,13H2,1-3H3. The third-order valence-electron chi connectivity index (χ3n) is 4.78. The van der Waals surface area contributed by atoms with E-state index in [1.807, 2.05) is 0 Å². The minimum atomic E-state index is -2.90. The highest BCUT2D eigenvalue weighted by Crippen LogP contribution is 2.31. The van der Waals surface area contributed by atoms with Crippen molar-refractivity contribution in [2.24, 2.45) is 5.73 Å². The second-order valence-electron chi connectivity index (χ2n) is 6.04. The molecule has 0 aromatic carbocycles. The van der Waals surface area contributed by atoms with Crippen LogP contribution in [0.3, 0.4) is 0 Å². The number of hydrogen-bond donors (Lipinski definition) is 1. The Hall–Kier alpha value is -0.170. The molecule has 0 amide bonds. The molecule has 0 radical (unpaired) electrons. The summed E-state index contributed by atoms with van der Waals surface area (Å²) in [6, 6.07) is 0.890. The smallest absolute Gasteiger partial charge is 0.152 e. The Balaban J connectivity index is 2.19. The molecule has 18 heavy (non-hydrogen) atoms. The van der Waals surface area contributed by atoms with Crippen molar-refractivity contribution < 1.29 is 8.42 Å². The van der Waals surface area contributed by atoms with Crippen molar-refractivity contribution >= 4 is 9.84 Å². The summed E-state index contributed by atoms with van der Waals surface area (Å²) in [5.41, 5.74) is 5.61. The third kappa shape index (κ3) is 2.43. The van der Waals surface area contributed by atoms with Crippen LogP contribution in [0.25, 0.3) is 0 Å². The summed E-state index contributed by atoms with van der Waals surface area (Å²) in [6.45, 7) is 6.64. The van der Waals surface area contributed by atoms with Gasteiger partial charge in [-0.1, -0.05) is 0 Å². The number of nitrogens with two attached hydrogens (primary N) is 1. The van der Waals surface area contributed by atoms with Crippen LogP contribution in [0, 0.1) is 0 Å². The van der Waals surface area contributed by atoms with Crippen LogP contribution in [-0.2, 0) is 9.84 Å². The maximum atomic E-state index is 11.8. The number of likely N-dealkylation sites (N-methyl/N-ethyl adjacent to an activating group) is 1. The molecule has 0 spiro atoms. The average Bonchev–Trinajstić information content (AvgIpc) is 2.62. The summed E-state index contributed by atoms with van der Waals surface area (Å²) in [4.78, 5) is 4.68. The number of sulfone groups is 1. The fourth-order valence-electron chi connectivity index (χ4n) is 3.23. The Labute approximate surface area is 110 Å². The molecule has 6 heteroatoms. The largest absolute Gasteiger partial charge is 0.329 e. The average molecular weight is 275 g/mol. The van der Waals surface area contributed by atoms with E-state index in [2.05, 4.69) is 30.7 Å². The van der Waals surface area contributed by atoms with Gasteiger partial charge < -0.3 is 5.73 Å². The molecule has 0 aromatic rings. The fourth-order valence-corrected chi connectivity index (χ4v) is 5.33. The lowest BCUT2D eigenvalue weighted by atomic mass is 9.93. The van der Waals surface area contributed by atoms with E-state index < -0.39 is 9.84 Å². The van der Waals surface area contributed by atoms with Gasteiger partial charge in [-0.25, -0.2) is 8.42 Å². The first kappa shape index (κ1) is 14.2. The van der Waals surface area contributed by atoms with Gasteiger partial charge in [-0.3, -0.25) is 9.80 Å². The molecular formula is C12H25N3O2S. The summed E-state index contributed by atoms with van der Waals surface area (Å²) in [6.07, 6.45) is 0.689. The normalized spacial score (nSPS) is 42.2. The Bertz CT molecular complexity index is 400. The first-order valence-corrected chi connectivity index (χ1v) is 8.49. The van der Waals surface area contributed by atoms with Crippen molar-refractivity contribution in [3.05, 3.63) is 0 Å². The van der Waals surface area contributed by atoms with Gasteiger partial charge in [0.2, 0.25) is 0 Å². The highest BCUT2D eigenvalue weighted by atomic mass is 32.2. The fraction of sp³-hybridized carbons (Fsp3) is 1.00. The van der Waals surface area contributed by atoms with Crippen molar-refractivity contribution in [1.82, 2.24) is 9.80 Å². The summed E-state index contributed by atoms with van der Waals surface area (Å²) in [7, 11) is -0.767. The molecule has 3 unspecified atom stereocenters. The molecule has 0 saturated carbocycles. The Morgan fingerprint density at radius 1 is 1.28 bits per heavy atom. The zero-order valence-electron chi connectivity index (χ0n) is 11.6. The molecular weight excluding hydrogens is 250 g/mol. The van der Waals surface area contributed by atoms with Gasteiger partial charge in [-0.2, -0.15) is 0 Å². The van der Waals surface area contributed by atoms with E-state index in [4.69, 9.17) is 5.73 Å². The monoisotopic (exact) mass is 275 g/mol. The van der Waals surface area contributed by atoms with Crippen LogP contribution in [-0.4, -0.2) is 74.0 Å². The summed E-state index contributed by atoms with van der Waals surface area (Å²) >= 11 is 0. The van der Waals surface area contributed by atoms with Gasteiger partial charge in [0.05, 0.1) is 11.5 Å². The molecule has 2 rings (SSSR count). The highest BCUT2D eigenvalue weighted by molar-refractivity contribution is 7.91. The zero-order chi connectivity index (χ0) is 13.6. The van der Waals surface area contributed by atoms with Gasteiger partial charge in [-0.05, 0) is 27.3 Å². The molecule has 2 aliphatic heterocycles. The van der Waals surface area contributed by atoms with E-state index >= 15 is 0 Å². The van der Waals surface area contributed by atoms with Gasteiger partial charge in [-0.15, -0.1) is 0 Å². The van der Waals surface area contributed by atoms with E-state index in [1.165, 1.54) is 0 Å². The lowest BCUT2D eigenvalue weighted by Crippen LogP contribution is -2.65. The quantitative estimate of drug-likeness (QED) is 0.738. The summed E-state index contributed by atoms with van der Waals surface area (Å²) in [5, 5.41) is 0. The van der Waals surface area contributed by atoms with E-state index in [0.29, 0.717) is 30.8 Å². The van der Waals surface area contributed by atoms with E-state index in [-0.39, 0.29) is 11.3 Å². The Morgan fingerprint density at radius 3 is 2.22 bits per heavy atom. The molecule has 0 bridgehead atoms. The van der Waals surface area contributed by atoms with Gasteiger partial charge in [0.15, 0.2) is 9.84 Å². The molecule has 3 atom stereocenters. The molecule has 2 aliphatic rings. The van der Waals surface area contributed by atoms with Crippen molar-refractivity contribution in [3.8, 4) is 0 Å². The summed E-state index contributed by atoms with van der Waals surface area (Å²) in [5.74, 6) is 0.527. The lowest BCUT2D eigenvalue weighted by molar-refractivity contribution is 0.000695. The topological polar surface area (TPSA) is 66.6 Å². The van der Waals surface area contributed by atoms with Crippen molar-refractivity contribution in [2.75, 3.05) is 38.2 Å². The Kier molecular flexibility index (Phi) is 3.75. The minimum absolute atomic E-state index is 0.236. The minimum Gasteiger partial charge on any atom is -0.329 e. The second-order valence-corrected chi connectivity index (χ2v) is 8.22. The molecule has 2 fully saturated rings.